The Kier molecular flexibility index (Phi) is 12.3. The van der Waals surface area contributed by atoms with Crippen molar-refractivity contribution in [1.29, 1.82) is 0 Å². The minimum atomic E-state index is -4.82. The summed E-state index contributed by atoms with van der Waals surface area (Å²) in [5.74, 6) is -5.94. The van der Waals surface area contributed by atoms with Gasteiger partial charge in [-0.15, -0.1) is 0 Å². The number of hydrogen-bond donors (Lipinski definition) is 2. The molecule has 0 unspecified atom stereocenters. The average Bonchev–Trinajstić information content (AvgIpc) is 3.13. The molecule has 0 aromatic carbocycles. The van der Waals surface area contributed by atoms with Crippen LogP contribution in [0.1, 0.15) is 47.8 Å². The Bertz CT molecular complexity index is 1270. The molecule has 3 atom stereocenters. The second kappa shape index (κ2) is 14.7. The largest absolute Gasteiger partial charge is 0.480 e. The van der Waals surface area contributed by atoms with E-state index in [0.717, 1.165) is 12.3 Å². The Balaban J connectivity index is 2.16. The zero-order chi connectivity index (χ0) is 33.5. The molecule has 0 saturated carbocycles. The highest BCUT2D eigenvalue weighted by Crippen LogP contribution is 2.51. The van der Waals surface area contributed by atoms with Crippen molar-refractivity contribution >= 4 is 31.7 Å². The minimum absolute atomic E-state index is 0.139. The molecule has 16 nitrogen and oxygen atoms in total. The second-order valence-corrected chi connectivity index (χ2v) is 12.9. The fourth-order valence-corrected chi connectivity index (χ4v) is 3.96. The normalized spacial score (nSPS) is 20.1. The van der Waals surface area contributed by atoms with E-state index in [-0.39, 0.29) is 12.4 Å². The molecule has 1 aromatic rings. The minimum Gasteiger partial charge on any atom is -0.445 e. The van der Waals surface area contributed by atoms with E-state index >= 15 is 8.78 Å². The van der Waals surface area contributed by atoms with Crippen LogP contribution in [0, 0.1) is 10.8 Å². The van der Waals surface area contributed by atoms with Crippen LogP contribution in [0.15, 0.2) is 29.7 Å². The molecule has 2 N–H and O–H groups in total. The molecule has 1 fully saturated rings. The van der Waals surface area contributed by atoms with Crippen molar-refractivity contribution in [2.75, 3.05) is 32.1 Å². The molecule has 1 aliphatic rings. The predicted molar refractivity (Wildman–Crippen MR) is 145 cm³/mol. The van der Waals surface area contributed by atoms with Crippen molar-refractivity contribution in [2.45, 2.75) is 65.9 Å². The van der Waals surface area contributed by atoms with Crippen LogP contribution in [0.5, 0.6) is 0 Å². The zero-order valence-electron chi connectivity index (χ0n) is 24.9. The summed E-state index contributed by atoms with van der Waals surface area (Å²) < 4.78 is 78.2. The van der Waals surface area contributed by atoms with Gasteiger partial charge in [0.15, 0.2) is 6.10 Å². The number of halogens is 2. The summed E-state index contributed by atoms with van der Waals surface area (Å²) in [7, 11) is -4.82. The molecule has 248 valence electrons. The first-order valence-electron chi connectivity index (χ1n) is 12.9. The summed E-state index contributed by atoms with van der Waals surface area (Å²) in [5, 5.41) is 12.4. The van der Waals surface area contributed by atoms with Crippen molar-refractivity contribution in [1.82, 2.24) is 9.55 Å². The third-order valence-electron chi connectivity index (χ3n) is 5.45. The van der Waals surface area contributed by atoms with E-state index in [0.29, 0.717) is 4.57 Å². The van der Waals surface area contributed by atoms with E-state index in [1.807, 2.05) is 0 Å². The number of carbonyl (C=O) groups excluding carboxylic acids is 3. The van der Waals surface area contributed by atoms with Gasteiger partial charge in [0.2, 0.25) is 19.8 Å². The van der Waals surface area contributed by atoms with Crippen molar-refractivity contribution < 1.29 is 65.4 Å². The predicted octanol–water partition coefficient (Wildman–Crippen LogP) is 3.12. The van der Waals surface area contributed by atoms with Gasteiger partial charge >= 0.3 is 37.5 Å². The van der Waals surface area contributed by atoms with Crippen LogP contribution in [0.4, 0.5) is 19.4 Å². The number of aliphatic hydroxyl groups is 1. The van der Waals surface area contributed by atoms with Gasteiger partial charge < -0.3 is 24.1 Å². The highest BCUT2D eigenvalue weighted by Gasteiger charge is 2.60. The van der Waals surface area contributed by atoms with Gasteiger partial charge in [-0.05, 0) is 47.6 Å². The van der Waals surface area contributed by atoms with Crippen molar-refractivity contribution in [3.05, 3.63) is 35.4 Å². The smallest absolute Gasteiger partial charge is 0.445 e. The lowest BCUT2D eigenvalue weighted by Crippen LogP contribution is -2.42. The Morgan fingerprint density at radius 1 is 1.09 bits per heavy atom. The van der Waals surface area contributed by atoms with Gasteiger partial charge in [-0.3, -0.25) is 24.0 Å². The number of nitrogens with zero attached hydrogens (tertiary/aromatic N) is 2. The van der Waals surface area contributed by atoms with E-state index in [1.54, 1.807) is 0 Å². The number of amides is 1. The summed E-state index contributed by atoms with van der Waals surface area (Å²) in [6.45, 7) is 9.45. The van der Waals surface area contributed by atoms with E-state index in [9.17, 15) is 28.8 Å². The summed E-state index contributed by atoms with van der Waals surface area (Å²) in [6, 6.07) is 1.000. The molecule has 44 heavy (non-hydrogen) atoms. The van der Waals surface area contributed by atoms with Gasteiger partial charge in [-0.1, -0.05) is 12.7 Å². The van der Waals surface area contributed by atoms with Gasteiger partial charge in [-0.25, -0.2) is 23.2 Å². The highest BCUT2D eigenvalue weighted by molar-refractivity contribution is 7.48. The lowest BCUT2D eigenvalue weighted by atomic mass is 9.98. The Labute approximate surface area is 251 Å². The summed E-state index contributed by atoms with van der Waals surface area (Å²) >= 11 is 0. The molecule has 0 spiro atoms. The monoisotopic (exact) mass is 655 g/mol. The molecule has 0 aliphatic carbocycles. The number of ether oxygens (including phenoxy) is 4. The molecular weight excluding hydrogens is 619 g/mol. The van der Waals surface area contributed by atoms with E-state index in [1.165, 1.54) is 47.6 Å². The number of aliphatic hydroxyl groups excluding tert-OH is 1. The molecule has 2 heterocycles. The zero-order valence-corrected chi connectivity index (χ0v) is 25.8. The number of carbonyl (C=O) groups is 3. The number of hydrogen-bond acceptors (Lipinski definition) is 14. The number of phosphoric ester groups is 1. The van der Waals surface area contributed by atoms with Crippen molar-refractivity contribution in [2.24, 2.45) is 10.8 Å². The van der Waals surface area contributed by atoms with Gasteiger partial charge in [-0.2, -0.15) is 13.8 Å². The van der Waals surface area contributed by atoms with E-state index in [4.69, 9.17) is 27.8 Å². The van der Waals surface area contributed by atoms with Gasteiger partial charge in [0.1, 0.15) is 18.5 Å². The molecule has 1 aliphatic heterocycles. The van der Waals surface area contributed by atoms with Crippen LogP contribution >= 0.6 is 7.82 Å². The van der Waals surface area contributed by atoms with Crippen LogP contribution < -0.4 is 11.0 Å². The van der Waals surface area contributed by atoms with Crippen LogP contribution in [0.3, 0.4) is 0 Å². The first kappa shape index (κ1) is 36.9. The standard InChI is InChI=1S/C25H36F2N3O13P/c1-8-11-37-22(35)29-16-9-10-30(21(34)28-16)18-25(26,27)17(31)15(43-18)12-40-44(36,41-13-38-19(32)23(2,3)4)42-14-39-20(33)24(5,6)7/h8-10,15,17-18,31H,1,11-14H2,2-7H3,(H,28,29,34,35)/t15-,17-,18-/m1/s1. The maximum atomic E-state index is 15.0. The number of esters is 2. The SMILES string of the molecule is C=CCOC(=O)Nc1ccn([C@@H]2O[C@H](COP(=O)(OCOC(=O)C(C)(C)C)OCOC(=O)C(C)(C)C)[C@@H](O)C2(F)F)c(=O)n1. The number of nitrogens with one attached hydrogen (secondary N) is 1. The second-order valence-electron chi connectivity index (χ2n) is 11.3. The molecule has 0 radical (unpaired) electrons. The summed E-state index contributed by atoms with van der Waals surface area (Å²) in [6.07, 6.45) is -5.79. The third-order valence-corrected chi connectivity index (χ3v) is 6.76. The van der Waals surface area contributed by atoms with Crippen molar-refractivity contribution in [3.8, 4) is 0 Å². The van der Waals surface area contributed by atoms with Crippen LogP contribution in [-0.4, -0.2) is 77.6 Å². The number of phosphoric acid groups is 1. The van der Waals surface area contributed by atoms with Crippen LogP contribution in [0.25, 0.3) is 0 Å². The Hall–Kier alpha value is -3.28. The molecule has 2 rings (SSSR count). The van der Waals surface area contributed by atoms with Gasteiger partial charge in [0.25, 0.3) is 0 Å². The van der Waals surface area contributed by atoms with Crippen molar-refractivity contribution in [3.63, 3.8) is 0 Å². The average molecular weight is 656 g/mol. The Morgan fingerprint density at radius 2 is 1.64 bits per heavy atom. The first-order valence-corrected chi connectivity index (χ1v) is 14.4. The highest BCUT2D eigenvalue weighted by atomic mass is 31.2. The Morgan fingerprint density at radius 3 is 2.11 bits per heavy atom. The number of alkyl halides is 2. The van der Waals surface area contributed by atoms with Crippen LogP contribution in [0.2, 0.25) is 0 Å². The third kappa shape index (κ3) is 10.1. The lowest BCUT2D eigenvalue weighted by molar-refractivity contribution is -0.163. The number of rotatable bonds is 13. The molecule has 1 saturated heterocycles. The summed E-state index contributed by atoms with van der Waals surface area (Å²) in [4.78, 5) is 51.6. The molecule has 0 bridgehead atoms. The number of aromatic nitrogens is 2. The van der Waals surface area contributed by atoms with E-state index < -0.39 is 86.9 Å². The quantitative estimate of drug-likeness (QED) is 0.103. The molecule has 1 aromatic heterocycles. The van der Waals surface area contributed by atoms with Gasteiger partial charge in [0, 0.05) is 6.20 Å². The first-order chi connectivity index (χ1) is 20.2. The number of anilines is 1. The fraction of sp³-hybridized carbons (Fsp3) is 0.640. The summed E-state index contributed by atoms with van der Waals surface area (Å²) in [5.41, 5.74) is -3.21. The molecule has 19 heteroatoms. The molecule has 1 amide bonds. The topological polar surface area (TPSA) is 200 Å². The van der Waals surface area contributed by atoms with Crippen LogP contribution in [-0.2, 0) is 46.7 Å². The maximum Gasteiger partial charge on any atom is 0.480 e. The molecular formula is C25H36F2N3O13P. The maximum absolute atomic E-state index is 15.0. The lowest BCUT2D eigenvalue weighted by Gasteiger charge is -2.23. The fourth-order valence-electron chi connectivity index (χ4n) is 3.04. The van der Waals surface area contributed by atoms with Gasteiger partial charge in [0.05, 0.1) is 17.4 Å². The van der Waals surface area contributed by atoms with E-state index in [2.05, 4.69) is 21.6 Å².